The van der Waals surface area contributed by atoms with Crippen molar-refractivity contribution in [3.05, 3.63) is 0 Å². The van der Waals surface area contributed by atoms with Gasteiger partial charge in [-0.2, -0.15) is 0 Å². The average molecular weight is 228 g/mol. The summed E-state index contributed by atoms with van der Waals surface area (Å²) in [6.07, 6.45) is 4.02. The van der Waals surface area contributed by atoms with E-state index >= 15 is 0 Å². The highest BCUT2D eigenvalue weighted by Crippen LogP contribution is 2.15. The molecule has 1 aliphatic heterocycles. The summed E-state index contributed by atoms with van der Waals surface area (Å²) in [5.41, 5.74) is 0. The molecule has 0 radical (unpaired) electrons. The van der Waals surface area contributed by atoms with Crippen molar-refractivity contribution in [1.82, 2.24) is 10.2 Å². The number of methoxy groups -OCH3 is 1. The molecule has 0 aromatic rings. The van der Waals surface area contributed by atoms with Crippen molar-refractivity contribution in [1.29, 1.82) is 0 Å². The third-order valence-corrected chi connectivity index (χ3v) is 3.44. The minimum atomic E-state index is 0.478. The summed E-state index contributed by atoms with van der Waals surface area (Å²) in [5, 5.41) is 3.48. The largest absolute Gasteiger partial charge is 0.383 e. The normalized spacial score (nSPS) is 21.2. The molecule has 3 heteroatoms. The molecular formula is C13H28N2O. The van der Waals surface area contributed by atoms with Gasteiger partial charge >= 0.3 is 0 Å². The lowest BCUT2D eigenvalue weighted by atomic mass is 9.99. The van der Waals surface area contributed by atoms with Crippen LogP contribution in [-0.4, -0.2) is 50.8 Å². The van der Waals surface area contributed by atoms with E-state index in [0.717, 1.165) is 19.1 Å². The van der Waals surface area contributed by atoms with Gasteiger partial charge in [0, 0.05) is 13.2 Å². The highest BCUT2D eigenvalue weighted by atomic mass is 16.5. The van der Waals surface area contributed by atoms with Crippen molar-refractivity contribution in [2.45, 2.75) is 39.2 Å². The monoisotopic (exact) mass is 228 g/mol. The summed E-state index contributed by atoms with van der Waals surface area (Å²) in [6.45, 7) is 10.3. The van der Waals surface area contributed by atoms with Crippen LogP contribution < -0.4 is 5.32 Å². The molecule has 1 saturated heterocycles. The van der Waals surface area contributed by atoms with Gasteiger partial charge in [0.15, 0.2) is 0 Å². The second kappa shape index (κ2) is 8.04. The maximum Gasteiger partial charge on any atom is 0.0613 e. The molecule has 1 N–H and O–H groups in total. The topological polar surface area (TPSA) is 24.5 Å². The molecule has 1 rings (SSSR count). The van der Waals surface area contributed by atoms with Gasteiger partial charge in [-0.25, -0.2) is 0 Å². The zero-order chi connectivity index (χ0) is 11.8. The Morgan fingerprint density at radius 2 is 2.06 bits per heavy atom. The molecule has 0 aliphatic carbocycles. The van der Waals surface area contributed by atoms with E-state index in [0.29, 0.717) is 6.04 Å². The summed E-state index contributed by atoms with van der Waals surface area (Å²) in [7, 11) is 1.76. The predicted octanol–water partition coefficient (Wildman–Crippen LogP) is 1.73. The number of rotatable bonds is 7. The third kappa shape index (κ3) is 5.83. The summed E-state index contributed by atoms with van der Waals surface area (Å²) >= 11 is 0. The molecule has 0 aromatic heterocycles. The predicted molar refractivity (Wildman–Crippen MR) is 68.8 cm³/mol. The smallest absolute Gasteiger partial charge is 0.0613 e. The van der Waals surface area contributed by atoms with Crippen LogP contribution in [0.15, 0.2) is 0 Å². The quantitative estimate of drug-likeness (QED) is 0.672. The maximum atomic E-state index is 5.09. The van der Waals surface area contributed by atoms with Crippen molar-refractivity contribution < 1.29 is 4.74 Å². The fourth-order valence-electron chi connectivity index (χ4n) is 2.25. The fraction of sp³-hybridized carbons (Fsp3) is 1.00. The van der Waals surface area contributed by atoms with Crippen molar-refractivity contribution in [2.24, 2.45) is 5.92 Å². The Morgan fingerprint density at radius 3 is 2.69 bits per heavy atom. The first kappa shape index (κ1) is 13.9. The highest BCUT2D eigenvalue weighted by molar-refractivity contribution is 4.69. The second-order valence-electron chi connectivity index (χ2n) is 5.19. The molecule has 1 fully saturated rings. The zero-order valence-electron chi connectivity index (χ0n) is 11.2. The first-order valence-electron chi connectivity index (χ1n) is 6.67. The first-order valence-corrected chi connectivity index (χ1v) is 6.67. The second-order valence-corrected chi connectivity index (χ2v) is 5.19. The molecule has 1 aliphatic rings. The fourth-order valence-corrected chi connectivity index (χ4v) is 2.25. The van der Waals surface area contributed by atoms with Gasteiger partial charge in [0.05, 0.1) is 6.61 Å². The van der Waals surface area contributed by atoms with Crippen LogP contribution in [0.1, 0.15) is 33.1 Å². The first-order chi connectivity index (χ1) is 7.72. The van der Waals surface area contributed by atoms with Crippen LogP contribution in [0.25, 0.3) is 0 Å². The van der Waals surface area contributed by atoms with Crippen LogP contribution >= 0.6 is 0 Å². The van der Waals surface area contributed by atoms with Crippen LogP contribution in [0, 0.1) is 5.92 Å². The molecule has 96 valence electrons. The summed E-state index contributed by atoms with van der Waals surface area (Å²) in [6, 6.07) is 0.478. The molecule has 0 amide bonds. The molecule has 0 aromatic carbocycles. The minimum absolute atomic E-state index is 0.478. The highest BCUT2D eigenvalue weighted by Gasteiger charge is 2.14. The number of nitrogens with one attached hydrogen (secondary N) is 1. The van der Waals surface area contributed by atoms with Crippen molar-refractivity contribution in [3.63, 3.8) is 0 Å². The van der Waals surface area contributed by atoms with Crippen LogP contribution in [-0.2, 0) is 4.74 Å². The van der Waals surface area contributed by atoms with Gasteiger partial charge < -0.3 is 15.0 Å². The third-order valence-electron chi connectivity index (χ3n) is 3.44. The lowest BCUT2D eigenvalue weighted by Gasteiger charge is -2.30. The van der Waals surface area contributed by atoms with Gasteiger partial charge in [-0.3, -0.25) is 0 Å². The Bertz CT molecular complexity index is 167. The number of piperidine rings is 1. The Balaban J connectivity index is 1.95. The molecular weight excluding hydrogens is 200 g/mol. The SMILES string of the molecule is COCC(C)NCCCN1CCC(C)CC1. The maximum absolute atomic E-state index is 5.09. The van der Waals surface area contributed by atoms with Crippen molar-refractivity contribution in [2.75, 3.05) is 39.9 Å². The molecule has 1 unspecified atom stereocenters. The molecule has 1 heterocycles. The van der Waals surface area contributed by atoms with Gasteiger partial charge in [0.2, 0.25) is 0 Å². The van der Waals surface area contributed by atoms with Gasteiger partial charge in [-0.15, -0.1) is 0 Å². The summed E-state index contributed by atoms with van der Waals surface area (Å²) in [4.78, 5) is 2.60. The lowest BCUT2D eigenvalue weighted by molar-refractivity contribution is 0.167. The van der Waals surface area contributed by atoms with E-state index in [-0.39, 0.29) is 0 Å². The molecule has 1 atom stereocenters. The molecule has 16 heavy (non-hydrogen) atoms. The molecule has 0 saturated carbocycles. The molecule has 0 spiro atoms. The van der Waals surface area contributed by atoms with Gasteiger partial charge in [-0.1, -0.05) is 6.92 Å². The van der Waals surface area contributed by atoms with E-state index in [9.17, 15) is 0 Å². The van der Waals surface area contributed by atoms with Crippen LogP contribution in [0.4, 0.5) is 0 Å². The van der Waals surface area contributed by atoms with Gasteiger partial charge in [-0.05, 0) is 58.3 Å². The number of hydrogen-bond acceptors (Lipinski definition) is 3. The van der Waals surface area contributed by atoms with E-state index in [1.54, 1.807) is 7.11 Å². The lowest BCUT2D eigenvalue weighted by Crippen LogP contribution is -2.36. The van der Waals surface area contributed by atoms with E-state index in [2.05, 4.69) is 24.1 Å². The Kier molecular flexibility index (Phi) is 7.01. The number of nitrogens with zero attached hydrogens (tertiary/aromatic N) is 1. The summed E-state index contributed by atoms with van der Waals surface area (Å²) in [5.74, 6) is 0.941. The van der Waals surface area contributed by atoms with Gasteiger partial charge in [0.1, 0.15) is 0 Å². The minimum Gasteiger partial charge on any atom is -0.383 e. The standard InChI is InChI=1S/C13H28N2O/c1-12-5-9-15(10-6-12)8-4-7-14-13(2)11-16-3/h12-14H,4-11H2,1-3H3. The van der Waals surface area contributed by atoms with Crippen molar-refractivity contribution >= 4 is 0 Å². The molecule has 0 bridgehead atoms. The van der Waals surface area contributed by atoms with E-state index in [4.69, 9.17) is 4.74 Å². The van der Waals surface area contributed by atoms with E-state index in [1.165, 1.54) is 38.9 Å². The summed E-state index contributed by atoms with van der Waals surface area (Å²) < 4.78 is 5.09. The van der Waals surface area contributed by atoms with E-state index in [1.807, 2.05) is 0 Å². The van der Waals surface area contributed by atoms with Crippen LogP contribution in [0.2, 0.25) is 0 Å². The number of hydrogen-bond donors (Lipinski definition) is 1. The Hall–Kier alpha value is -0.120. The zero-order valence-corrected chi connectivity index (χ0v) is 11.2. The number of likely N-dealkylation sites (tertiary alicyclic amines) is 1. The average Bonchev–Trinajstić information content (AvgIpc) is 2.27. The molecule has 3 nitrogen and oxygen atoms in total. The van der Waals surface area contributed by atoms with E-state index < -0.39 is 0 Å². The van der Waals surface area contributed by atoms with Crippen LogP contribution in [0.3, 0.4) is 0 Å². The number of ether oxygens (including phenoxy) is 1. The van der Waals surface area contributed by atoms with Gasteiger partial charge in [0.25, 0.3) is 0 Å². The van der Waals surface area contributed by atoms with Crippen molar-refractivity contribution in [3.8, 4) is 0 Å². The van der Waals surface area contributed by atoms with Crippen LogP contribution in [0.5, 0.6) is 0 Å². The Morgan fingerprint density at radius 1 is 1.38 bits per heavy atom. The Labute approximate surface area is 101 Å².